The molecular weight excluding hydrogens is 254 g/mol. The van der Waals surface area contributed by atoms with E-state index in [0.717, 1.165) is 12.2 Å². The van der Waals surface area contributed by atoms with E-state index in [-0.39, 0.29) is 5.91 Å². The van der Waals surface area contributed by atoms with Gasteiger partial charge in [-0.2, -0.15) is 0 Å². The molecule has 7 nitrogen and oxygen atoms in total. The number of hydrogen-bond acceptors (Lipinski definition) is 6. The minimum absolute atomic E-state index is 0.275. The topological polar surface area (TPSA) is 82.1 Å². The molecule has 1 rings (SSSR count). The lowest BCUT2D eigenvalue weighted by Crippen LogP contribution is -2.45. The lowest BCUT2D eigenvalue weighted by molar-refractivity contribution is -0.157. The highest BCUT2D eigenvalue weighted by Crippen LogP contribution is 2.04. The Labute approximate surface area is 111 Å². The zero-order valence-electron chi connectivity index (χ0n) is 11.0. The van der Waals surface area contributed by atoms with Gasteiger partial charge < -0.3 is 19.1 Å². The molecule has 1 amide bonds. The first-order chi connectivity index (χ1) is 9.04. The maximum absolute atomic E-state index is 11.9. The van der Waals surface area contributed by atoms with Crippen LogP contribution in [-0.2, 0) is 28.6 Å². The van der Waals surface area contributed by atoms with Crippen molar-refractivity contribution in [3.63, 3.8) is 0 Å². The number of methoxy groups -OCH3 is 1. The molecule has 0 N–H and O–H groups in total. The highest BCUT2D eigenvalue weighted by atomic mass is 16.5. The lowest BCUT2D eigenvalue weighted by atomic mass is 10.3. The van der Waals surface area contributed by atoms with Crippen molar-refractivity contribution in [2.24, 2.45) is 0 Å². The Bertz CT molecular complexity index is 372. The van der Waals surface area contributed by atoms with Crippen molar-refractivity contribution < 1.29 is 28.6 Å². The smallest absolute Gasteiger partial charge is 0.331 e. The molecule has 0 unspecified atom stereocenters. The van der Waals surface area contributed by atoms with E-state index in [1.54, 1.807) is 4.90 Å². The summed E-state index contributed by atoms with van der Waals surface area (Å²) in [6, 6.07) is 0. The standard InChI is InChI=1S/C12H17NO6/c1-9(12(16)13-5-7-18-8-6-13)19-11(15)4-3-10(14)17-2/h3-4,9H,5-8H2,1-2H3/b4-3+/t9-/m0/s1. The molecule has 0 aromatic carbocycles. The van der Waals surface area contributed by atoms with Crippen molar-refractivity contribution in [3.05, 3.63) is 12.2 Å². The van der Waals surface area contributed by atoms with Crippen LogP contribution >= 0.6 is 0 Å². The van der Waals surface area contributed by atoms with E-state index >= 15 is 0 Å². The van der Waals surface area contributed by atoms with Gasteiger partial charge >= 0.3 is 11.9 Å². The molecule has 0 aromatic rings. The fourth-order valence-electron chi connectivity index (χ4n) is 1.51. The number of carbonyl (C=O) groups excluding carboxylic acids is 3. The second-order valence-electron chi connectivity index (χ2n) is 3.87. The highest BCUT2D eigenvalue weighted by Gasteiger charge is 2.24. The van der Waals surface area contributed by atoms with Gasteiger partial charge in [-0.1, -0.05) is 0 Å². The van der Waals surface area contributed by atoms with Gasteiger partial charge in [0.05, 0.1) is 20.3 Å². The molecule has 1 heterocycles. The van der Waals surface area contributed by atoms with E-state index in [4.69, 9.17) is 9.47 Å². The van der Waals surface area contributed by atoms with Gasteiger partial charge in [0.1, 0.15) is 0 Å². The van der Waals surface area contributed by atoms with Gasteiger partial charge in [0.15, 0.2) is 6.10 Å². The van der Waals surface area contributed by atoms with Crippen LogP contribution in [0.1, 0.15) is 6.92 Å². The molecule has 7 heteroatoms. The number of amides is 1. The fraction of sp³-hybridized carbons (Fsp3) is 0.583. The zero-order chi connectivity index (χ0) is 14.3. The average Bonchev–Trinajstić information content (AvgIpc) is 2.44. The van der Waals surface area contributed by atoms with E-state index in [0.29, 0.717) is 26.3 Å². The number of ether oxygens (including phenoxy) is 3. The first-order valence-corrected chi connectivity index (χ1v) is 5.87. The third kappa shape index (κ3) is 5.09. The molecule has 1 aliphatic rings. The van der Waals surface area contributed by atoms with Crippen molar-refractivity contribution in [2.75, 3.05) is 33.4 Å². The molecule has 1 saturated heterocycles. The molecule has 0 saturated carbocycles. The number of hydrogen-bond donors (Lipinski definition) is 0. The molecule has 0 radical (unpaired) electrons. The van der Waals surface area contributed by atoms with Crippen LogP contribution in [0, 0.1) is 0 Å². The zero-order valence-corrected chi connectivity index (χ0v) is 11.0. The van der Waals surface area contributed by atoms with E-state index in [1.807, 2.05) is 0 Å². The van der Waals surface area contributed by atoms with Crippen molar-refractivity contribution >= 4 is 17.8 Å². The predicted octanol–water partition coefficient (Wildman–Crippen LogP) is -0.494. The van der Waals surface area contributed by atoms with Crippen LogP contribution in [0.4, 0.5) is 0 Å². The minimum Gasteiger partial charge on any atom is -0.466 e. The van der Waals surface area contributed by atoms with E-state index < -0.39 is 18.0 Å². The number of carbonyl (C=O) groups is 3. The summed E-state index contributed by atoms with van der Waals surface area (Å²) in [4.78, 5) is 35.6. The maximum atomic E-state index is 11.9. The minimum atomic E-state index is -0.895. The number of rotatable bonds is 4. The molecule has 106 valence electrons. The number of morpholine rings is 1. The Hall–Kier alpha value is -1.89. The predicted molar refractivity (Wildman–Crippen MR) is 64.1 cm³/mol. The molecule has 19 heavy (non-hydrogen) atoms. The normalized spacial score (nSPS) is 17.1. The third-order valence-electron chi connectivity index (χ3n) is 2.52. The molecule has 0 spiro atoms. The molecule has 0 aromatic heterocycles. The molecule has 1 atom stereocenters. The molecule has 0 bridgehead atoms. The van der Waals surface area contributed by atoms with Crippen LogP contribution in [0.25, 0.3) is 0 Å². The van der Waals surface area contributed by atoms with Crippen LogP contribution in [0.2, 0.25) is 0 Å². The number of esters is 2. The Morgan fingerprint density at radius 1 is 1.16 bits per heavy atom. The molecular formula is C12H17NO6. The van der Waals surface area contributed by atoms with Gasteiger partial charge in [-0.15, -0.1) is 0 Å². The Balaban J connectivity index is 2.42. The SMILES string of the molecule is COC(=O)/C=C/C(=O)O[C@@H](C)C(=O)N1CCOCC1. The fourth-order valence-corrected chi connectivity index (χ4v) is 1.51. The van der Waals surface area contributed by atoms with Crippen LogP contribution in [-0.4, -0.2) is 62.3 Å². The van der Waals surface area contributed by atoms with Crippen LogP contribution in [0.5, 0.6) is 0 Å². The van der Waals surface area contributed by atoms with E-state index in [1.165, 1.54) is 14.0 Å². The highest BCUT2D eigenvalue weighted by molar-refractivity contribution is 5.93. The summed E-state index contributed by atoms with van der Waals surface area (Å²) in [7, 11) is 1.20. The van der Waals surface area contributed by atoms with Crippen LogP contribution in [0.3, 0.4) is 0 Å². The van der Waals surface area contributed by atoms with Gasteiger partial charge in [0, 0.05) is 25.2 Å². The van der Waals surface area contributed by atoms with Crippen LogP contribution in [0.15, 0.2) is 12.2 Å². The Morgan fingerprint density at radius 3 is 2.32 bits per heavy atom. The summed E-state index contributed by atoms with van der Waals surface area (Å²) in [6.07, 6.45) is 0.969. The van der Waals surface area contributed by atoms with Crippen molar-refractivity contribution in [3.8, 4) is 0 Å². The number of nitrogens with zero attached hydrogens (tertiary/aromatic N) is 1. The molecule has 1 fully saturated rings. The monoisotopic (exact) mass is 271 g/mol. The van der Waals surface area contributed by atoms with Crippen molar-refractivity contribution in [1.29, 1.82) is 0 Å². The summed E-state index contributed by atoms with van der Waals surface area (Å²) in [5.41, 5.74) is 0. The van der Waals surface area contributed by atoms with E-state index in [2.05, 4.69) is 4.74 Å². The summed E-state index contributed by atoms with van der Waals surface area (Å²) in [6.45, 7) is 3.42. The van der Waals surface area contributed by atoms with Crippen molar-refractivity contribution in [1.82, 2.24) is 4.90 Å². The first-order valence-electron chi connectivity index (χ1n) is 5.87. The van der Waals surface area contributed by atoms with Gasteiger partial charge in [-0.25, -0.2) is 9.59 Å². The van der Waals surface area contributed by atoms with Gasteiger partial charge in [0.25, 0.3) is 5.91 Å². The maximum Gasteiger partial charge on any atom is 0.331 e. The largest absolute Gasteiger partial charge is 0.466 e. The van der Waals surface area contributed by atoms with Gasteiger partial charge in [-0.3, -0.25) is 4.79 Å². The van der Waals surface area contributed by atoms with Gasteiger partial charge in [0.2, 0.25) is 0 Å². The average molecular weight is 271 g/mol. The Kier molecular flexibility index (Phi) is 6.01. The van der Waals surface area contributed by atoms with Crippen molar-refractivity contribution in [2.45, 2.75) is 13.0 Å². The molecule has 1 aliphatic heterocycles. The summed E-state index contributed by atoms with van der Waals surface area (Å²) in [5, 5.41) is 0. The first kappa shape index (κ1) is 15.2. The van der Waals surface area contributed by atoms with Gasteiger partial charge in [-0.05, 0) is 6.92 Å². The second kappa shape index (κ2) is 7.52. The quantitative estimate of drug-likeness (QED) is 0.507. The summed E-state index contributed by atoms with van der Waals surface area (Å²) >= 11 is 0. The second-order valence-corrected chi connectivity index (χ2v) is 3.87. The molecule has 0 aliphatic carbocycles. The van der Waals surface area contributed by atoms with E-state index in [9.17, 15) is 14.4 Å². The summed E-state index contributed by atoms with van der Waals surface area (Å²) in [5.74, 6) is -1.70. The van der Waals surface area contributed by atoms with Crippen LogP contribution < -0.4 is 0 Å². The lowest BCUT2D eigenvalue weighted by Gasteiger charge is -2.28. The Morgan fingerprint density at radius 2 is 1.74 bits per heavy atom. The third-order valence-corrected chi connectivity index (χ3v) is 2.52. The summed E-state index contributed by atoms with van der Waals surface area (Å²) < 4.78 is 14.3.